The highest BCUT2D eigenvalue weighted by atomic mass is 16.2. The first-order valence-electron chi connectivity index (χ1n) is 7.67. The summed E-state index contributed by atoms with van der Waals surface area (Å²) in [5.41, 5.74) is 6.88. The van der Waals surface area contributed by atoms with Crippen LogP contribution in [0, 0.1) is 6.92 Å². The lowest BCUT2D eigenvalue weighted by molar-refractivity contribution is -0.138. The molecule has 1 aliphatic heterocycles. The molecule has 5 heteroatoms. The minimum absolute atomic E-state index is 0.156. The molecule has 1 atom stereocenters. The van der Waals surface area contributed by atoms with E-state index in [-0.39, 0.29) is 5.91 Å². The minimum Gasteiger partial charge on any atom is -0.339 e. The van der Waals surface area contributed by atoms with Gasteiger partial charge in [-0.05, 0) is 38.2 Å². The van der Waals surface area contributed by atoms with Crippen molar-refractivity contribution in [3.05, 3.63) is 18.0 Å². The Hall–Kier alpha value is -1.36. The van der Waals surface area contributed by atoms with Crippen molar-refractivity contribution < 1.29 is 4.79 Å². The van der Waals surface area contributed by atoms with Gasteiger partial charge < -0.3 is 10.6 Å². The van der Waals surface area contributed by atoms with Crippen LogP contribution in [0.4, 0.5) is 0 Å². The molecular formula is C15H24N4O. The molecule has 1 aromatic rings. The van der Waals surface area contributed by atoms with Crippen molar-refractivity contribution in [2.24, 2.45) is 5.73 Å². The zero-order valence-corrected chi connectivity index (χ0v) is 12.2. The Morgan fingerprint density at radius 2 is 2.15 bits per heavy atom. The molecule has 110 valence electrons. The topological polar surface area (TPSA) is 64.2 Å². The van der Waals surface area contributed by atoms with Gasteiger partial charge in [-0.3, -0.25) is 9.48 Å². The number of nitrogens with zero attached hydrogens (tertiary/aromatic N) is 3. The van der Waals surface area contributed by atoms with E-state index >= 15 is 0 Å². The second-order valence-corrected chi connectivity index (χ2v) is 6.41. The van der Waals surface area contributed by atoms with Gasteiger partial charge in [-0.15, -0.1) is 0 Å². The van der Waals surface area contributed by atoms with Gasteiger partial charge in [0.15, 0.2) is 0 Å². The lowest BCUT2D eigenvalue weighted by Crippen LogP contribution is -2.55. The molecular weight excluding hydrogens is 252 g/mol. The maximum Gasteiger partial charge on any atom is 0.242 e. The zero-order chi connectivity index (χ0) is 14.2. The van der Waals surface area contributed by atoms with Crippen LogP contribution in [-0.4, -0.2) is 39.2 Å². The van der Waals surface area contributed by atoms with Crippen molar-refractivity contribution in [1.82, 2.24) is 14.7 Å². The van der Waals surface area contributed by atoms with Crippen LogP contribution in [-0.2, 0) is 4.79 Å². The normalized spacial score (nSPS) is 25.9. The van der Waals surface area contributed by atoms with Crippen LogP contribution in [0.3, 0.4) is 0 Å². The number of piperidine rings is 1. The molecule has 2 aliphatic rings. The summed E-state index contributed by atoms with van der Waals surface area (Å²) >= 11 is 0. The first-order chi connectivity index (χ1) is 9.58. The Bertz CT molecular complexity index is 490. The summed E-state index contributed by atoms with van der Waals surface area (Å²) in [7, 11) is 0. The van der Waals surface area contributed by atoms with Gasteiger partial charge >= 0.3 is 0 Å². The summed E-state index contributed by atoms with van der Waals surface area (Å²) in [4.78, 5) is 14.6. The van der Waals surface area contributed by atoms with Gasteiger partial charge in [0.05, 0.1) is 17.8 Å². The molecule has 3 rings (SSSR count). The maximum absolute atomic E-state index is 12.7. The fraction of sp³-hybridized carbons (Fsp3) is 0.733. The molecule has 2 heterocycles. The van der Waals surface area contributed by atoms with Crippen molar-refractivity contribution in [2.75, 3.05) is 13.1 Å². The summed E-state index contributed by atoms with van der Waals surface area (Å²) in [6, 6.07) is 0.298. The zero-order valence-electron chi connectivity index (χ0n) is 12.2. The van der Waals surface area contributed by atoms with Gasteiger partial charge in [0.1, 0.15) is 0 Å². The van der Waals surface area contributed by atoms with Crippen molar-refractivity contribution in [3.8, 4) is 0 Å². The third-order valence-electron chi connectivity index (χ3n) is 4.71. The van der Waals surface area contributed by atoms with Gasteiger partial charge in [0, 0.05) is 19.3 Å². The van der Waals surface area contributed by atoms with Crippen molar-refractivity contribution in [3.63, 3.8) is 0 Å². The highest BCUT2D eigenvalue weighted by Crippen LogP contribution is 2.31. The smallest absolute Gasteiger partial charge is 0.242 e. The van der Waals surface area contributed by atoms with Crippen LogP contribution in [0.1, 0.15) is 50.1 Å². The molecule has 1 aliphatic carbocycles. The molecule has 0 spiro atoms. The van der Waals surface area contributed by atoms with E-state index in [9.17, 15) is 4.79 Å². The number of nitrogens with two attached hydrogens (primary N) is 1. The second kappa shape index (κ2) is 5.20. The van der Waals surface area contributed by atoms with Crippen LogP contribution in [0.25, 0.3) is 0 Å². The third kappa shape index (κ3) is 2.46. The van der Waals surface area contributed by atoms with Gasteiger partial charge in [0.25, 0.3) is 0 Å². The fourth-order valence-electron chi connectivity index (χ4n) is 3.52. The predicted octanol–water partition coefficient (Wildman–Crippen LogP) is 1.63. The fourth-order valence-corrected chi connectivity index (χ4v) is 3.52. The number of carbonyl (C=O) groups is 1. The SMILES string of the molecule is Cc1cnn(C2CCCN(C(=O)C3(N)CCCC3)C2)c1. The van der Waals surface area contributed by atoms with Gasteiger partial charge in [-0.2, -0.15) is 5.10 Å². The first kappa shape index (κ1) is 13.6. The molecule has 0 bridgehead atoms. The Labute approximate surface area is 120 Å². The van der Waals surface area contributed by atoms with Gasteiger partial charge in [-0.25, -0.2) is 0 Å². The number of rotatable bonds is 2. The highest BCUT2D eigenvalue weighted by molar-refractivity contribution is 5.86. The maximum atomic E-state index is 12.7. The Kier molecular flexibility index (Phi) is 3.54. The highest BCUT2D eigenvalue weighted by Gasteiger charge is 2.41. The minimum atomic E-state index is -0.595. The van der Waals surface area contributed by atoms with E-state index in [2.05, 4.69) is 11.3 Å². The van der Waals surface area contributed by atoms with E-state index in [1.807, 2.05) is 22.7 Å². The lowest BCUT2D eigenvalue weighted by atomic mass is 9.95. The molecule has 0 radical (unpaired) electrons. The number of aromatic nitrogens is 2. The molecule has 2 N–H and O–H groups in total. The molecule has 5 nitrogen and oxygen atoms in total. The summed E-state index contributed by atoms with van der Waals surface area (Å²) < 4.78 is 2.01. The van der Waals surface area contributed by atoms with Gasteiger partial charge in [0.2, 0.25) is 5.91 Å². The summed E-state index contributed by atoms with van der Waals surface area (Å²) in [5, 5.41) is 4.40. The van der Waals surface area contributed by atoms with Crippen molar-refractivity contribution in [1.29, 1.82) is 0 Å². The standard InChI is InChI=1S/C15H24N4O/c1-12-9-17-19(10-12)13-5-4-8-18(11-13)14(20)15(16)6-2-3-7-15/h9-10,13H,2-8,11,16H2,1H3. The lowest BCUT2D eigenvalue weighted by Gasteiger charge is -2.37. The van der Waals surface area contributed by atoms with Gasteiger partial charge in [-0.1, -0.05) is 12.8 Å². The molecule has 1 aromatic heterocycles. The molecule has 2 fully saturated rings. The van der Waals surface area contributed by atoms with E-state index in [0.717, 1.165) is 51.6 Å². The van der Waals surface area contributed by atoms with Crippen LogP contribution in [0.15, 0.2) is 12.4 Å². The molecule has 1 amide bonds. The number of likely N-dealkylation sites (tertiary alicyclic amines) is 1. The molecule has 1 saturated carbocycles. The number of hydrogen-bond acceptors (Lipinski definition) is 3. The number of carbonyl (C=O) groups excluding carboxylic acids is 1. The Morgan fingerprint density at radius 3 is 2.80 bits per heavy atom. The average molecular weight is 276 g/mol. The van der Waals surface area contributed by atoms with Crippen molar-refractivity contribution in [2.45, 2.75) is 57.0 Å². The van der Waals surface area contributed by atoms with E-state index in [4.69, 9.17) is 5.73 Å². The van der Waals surface area contributed by atoms with Crippen LogP contribution in [0.5, 0.6) is 0 Å². The first-order valence-corrected chi connectivity index (χ1v) is 7.67. The van der Waals surface area contributed by atoms with E-state index in [0.29, 0.717) is 6.04 Å². The number of aryl methyl sites for hydroxylation is 1. The molecule has 0 aromatic carbocycles. The number of hydrogen-bond donors (Lipinski definition) is 1. The molecule has 1 saturated heterocycles. The van der Waals surface area contributed by atoms with Crippen LogP contribution < -0.4 is 5.73 Å². The third-order valence-corrected chi connectivity index (χ3v) is 4.71. The summed E-state index contributed by atoms with van der Waals surface area (Å²) in [6.45, 7) is 3.64. The second-order valence-electron chi connectivity index (χ2n) is 6.41. The Morgan fingerprint density at radius 1 is 1.40 bits per heavy atom. The molecule has 20 heavy (non-hydrogen) atoms. The van der Waals surface area contributed by atoms with E-state index < -0.39 is 5.54 Å². The average Bonchev–Trinajstić information content (AvgIpc) is 3.08. The summed E-state index contributed by atoms with van der Waals surface area (Å²) in [5.74, 6) is 0.156. The number of amides is 1. The monoisotopic (exact) mass is 276 g/mol. The Balaban J connectivity index is 1.70. The van der Waals surface area contributed by atoms with E-state index in [1.165, 1.54) is 5.56 Å². The van der Waals surface area contributed by atoms with Crippen LogP contribution >= 0.6 is 0 Å². The summed E-state index contributed by atoms with van der Waals surface area (Å²) in [6.07, 6.45) is 9.90. The van der Waals surface area contributed by atoms with E-state index in [1.54, 1.807) is 0 Å². The predicted molar refractivity (Wildman–Crippen MR) is 77.2 cm³/mol. The largest absolute Gasteiger partial charge is 0.339 e. The molecule has 1 unspecified atom stereocenters. The quantitative estimate of drug-likeness (QED) is 0.893. The van der Waals surface area contributed by atoms with Crippen LogP contribution in [0.2, 0.25) is 0 Å². The van der Waals surface area contributed by atoms with Crippen molar-refractivity contribution >= 4 is 5.91 Å².